The van der Waals surface area contributed by atoms with Crippen molar-refractivity contribution in [2.75, 3.05) is 11.9 Å². The molecule has 10 nitrogen and oxygen atoms in total. The monoisotopic (exact) mass is 551 g/mol. The van der Waals surface area contributed by atoms with Gasteiger partial charge in [-0.15, -0.1) is 0 Å². The number of non-ortho nitro benzene ring substituents is 1. The van der Waals surface area contributed by atoms with Gasteiger partial charge in [0.15, 0.2) is 5.52 Å². The van der Waals surface area contributed by atoms with Crippen LogP contribution in [0.3, 0.4) is 0 Å². The summed E-state index contributed by atoms with van der Waals surface area (Å²) in [5.41, 5.74) is 3.27. The number of hydrogen-bond acceptors (Lipinski definition) is 8. The maximum atomic E-state index is 13.8. The average Bonchev–Trinajstić information content (AvgIpc) is 3.53. The molecule has 1 saturated carbocycles. The minimum atomic E-state index is -0.438. The predicted octanol–water partition coefficient (Wildman–Crippen LogP) is 6.13. The summed E-state index contributed by atoms with van der Waals surface area (Å²) in [4.78, 5) is 29.8. The molecule has 0 saturated heterocycles. The molecule has 1 atom stereocenters. The van der Waals surface area contributed by atoms with Crippen LogP contribution in [0.25, 0.3) is 33.5 Å². The highest BCUT2D eigenvalue weighted by atomic mass is 19.1. The van der Waals surface area contributed by atoms with E-state index in [1.165, 1.54) is 24.6 Å². The van der Waals surface area contributed by atoms with Crippen molar-refractivity contribution in [1.82, 2.24) is 24.5 Å². The van der Waals surface area contributed by atoms with Gasteiger partial charge in [-0.3, -0.25) is 10.1 Å². The Kier molecular flexibility index (Phi) is 6.26. The van der Waals surface area contributed by atoms with E-state index >= 15 is 0 Å². The van der Waals surface area contributed by atoms with Gasteiger partial charge in [0.25, 0.3) is 5.69 Å². The van der Waals surface area contributed by atoms with Crippen molar-refractivity contribution >= 4 is 22.5 Å². The van der Waals surface area contributed by atoms with Gasteiger partial charge in [-0.05, 0) is 62.1 Å². The summed E-state index contributed by atoms with van der Waals surface area (Å²) in [6, 6.07) is 16.8. The van der Waals surface area contributed by atoms with Crippen molar-refractivity contribution in [1.29, 1.82) is 0 Å². The fourth-order valence-electron chi connectivity index (χ4n) is 5.50. The molecule has 3 aromatic heterocycles. The molecule has 0 amide bonds. The van der Waals surface area contributed by atoms with E-state index < -0.39 is 4.92 Å². The number of pyridine rings is 1. The molecule has 1 unspecified atom stereocenters. The standard InChI is InChI=1S/C30H26FN7O3/c31-20-10-7-19(8-11-20)28-29(23-15-16-32-30(34-23)33-21-4-2-5-21)37-22(12-13-25(37)35-28)17-41-26-14-9-18-3-1-6-24(38(39)40)27(18)36-26/h1,3,6-11,14-16,21-22H,2,4-5,12-13,17H2,(H,32,33,34). The highest BCUT2D eigenvalue weighted by molar-refractivity contribution is 5.87. The van der Waals surface area contributed by atoms with E-state index in [0.29, 0.717) is 29.0 Å². The minimum absolute atomic E-state index is 0.0630. The predicted molar refractivity (Wildman–Crippen MR) is 151 cm³/mol. The van der Waals surface area contributed by atoms with Crippen molar-refractivity contribution < 1.29 is 14.1 Å². The number of benzene rings is 2. The number of halogens is 1. The molecule has 2 aromatic carbocycles. The molecule has 5 aromatic rings. The van der Waals surface area contributed by atoms with Gasteiger partial charge >= 0.3 is 0 Å². The first-order chi connectivity index (χ1) is 20.0. The zero-order valence-electron chi connectivity index (χ0n) is 22.0. The summed E-state index contributed by atoms with van der Waals surface area (Å²) in [6.07, 6.45) is 6.67. The largest absolute Gasteiger partial charge is 0.475 e. The van der Waals surface area contributed by atoms with Gasteiger partial charge in [-0.1, -0.05) is 12.1 Å². The first kappa shape index (κ1) is 25.1. The summed E-state index contributed by atoms with van der Waals surface area (Å²) >= 11 is 0. The molecule has 1 aliphatic heterocycles. The molecule has 41 heavy (non-hydrogen) atoms. The molecular formula is C30H26FN7O3. The number of aryl methyl sites for hydroxylation is 1. The Morgan fingerprint density at radius 2 is 1.88 bits per heavy atom. The summed E-state index contributed by atoms with van der Waals surface area (Å²) in [5, 5.41) is 15.6. The summed E-state index contributed by atoms with van der Waals surface area (Å²) in [5.74, 6) is 1.46. The number of fused-ring (bicyclic) bond motifs is 2. The Balaban J connectivity index is 1.24. The number of nitrogens with one attached hydrogen (secondary N) is 1. The van der Waals surface area contributed by atoms with Crippen molar-refractivity contribution in [3.63, 3.8) is 0 Å². The van der Waals surface area contributed by atoms with Gasteiger partial charge in [0.1, 0.15) is 18.2 Å². The fraction of sp³-hybridized carbons (Fsp3) is 0.267. The summed E-state index contributed by atoms with van der Waals surface area (Å²) in [6.45, 7) is 0.288. The Labute approximate surface area is 234 Å². The van der Waals surface area contributed by atoms with Crippen molar-refractivity contribution in [2.24, 2.45) is 0 Å². The van der Waals surface area contributed by atoms with E-state index in [-0.39, 0.29) is 29.7 Å². The van der Waals surface area contributed by atoms with E-state index in [1.807, 2.05) is 6.07 Å². The number of nitrogens with zero attached hydrogens (tertiary/aromatic N) is 6. The minimum Gasteiger partial charge on any atom is -0.475 e. The lowest BCUT2D eigenvalue weighted by molar-refractivity contribution is -0.383. The van der Waals surface area contributed by atoms with Crippen LogP contribution >= 0.6 is 0 Å². The Morgan fingerprint density at radius 1 is 1.02 bits per heavy atom. The van der Waals surface area contributed by atoms with Crippen LogP contribution in [0.15, 0.2) is 66.9 Å². The third-order valence-corrected chi connectivity index (χ3v) is 7.80. The lowest BCUT2D eigenvalue weighted by atomic mass is 9.93. The van der Waals surface area contributed by atoms with E-state index in [1.54, 1.807) is 42.6 Å². The Bertz CT molecular complexity index is 1770. The first-order valence-corrected chi connectivity index (χ1v) is 13.7. The molecule has 206 valence electrons. The van der Waals surface area contributed by atoms with Crippen LogP contribution in [0, 0.1) is 15.9 Å². The highest BCUT2D eigenvalue weighted by Crippen LogP contribution is 2.40. The number of hydrogen-bond donors (Lipinski definition) is 1. The van der Waals surface area contributed by atoms with E-state index in [4.69, 9.17) is 14.7 Å². The van der Waals surface area contributed by atoms with Gasteiger partial charge in [0.05, 0.1) is 28.0 Å². The molecule has 1 fully saturated rings. The average molecular weight is 552 g/mol. The Hall–Kier alpha value is -4.93. The van der Waals surface area contributed by atoms with E-state index in [2.05, 4.69) is 19.9 Å². The van der Waals surface area contributed by atoms with E-state index in [0.717, 1.165) is 48.5 Å². The van der Waals surface area contributed by atoms with Crippen molar-refractivity contribution in [3.05, 3.63) is 88.6 Å². The second-order valence-electron chi connectivity index (χ2n) is 10.4. The smallest absolute Gasteiger partial charge is 0.295 e. The molecule has 7 rings (SSSR count). The van der Waals surface area contributed by atoms with Gasteiger partial charge in [-0.2, -0.15) is 0 Å². The zero-order valence-corrected chi connectivity index (χ0v) is 22.0. The van der Waals surface area contributed by atoms with Crippen LogP contribution in [-0.4, -0.2) is 42.1 Å². The third-order valence-electron chi connectivity index (χ3n) is 7.80. The number of nitro benzene ring substituents is 1. The molecule has 11 heteroatoms. The summed E-state index contributed by atoms with van der Waals surface area (Å²) < 4.78 is 22.1. The van der Waals surface area contributed by atoms with E-state index in [9.17, 15) is 14.5 Å². The number of para-hydroxylation sites is 1. The van der Waals surface area contributed by atoms with Crippen LogP contribution in [-0.2, 0) is 6.42 Å². The lowest BCUT2D eigenvalue weighted by Crippen LogP contribution is -2.28. The molecule has 0 bridgehead atoms. The number of rotatable bonds is 8. The van der Waals surface area contributed by atoms with Gasteiger partial charge in [0, 0.05) is 41.7 Å². The van der Waals surface area contributed by atoms with Gasteiger partial charge < -0.3 is 14.6 Å². The van der Waals surface area contributed by atoms with Gasteiger partial charge in [0.2, 0.25) is 11.8 Å². The number of imidazole rings is 1. The second-order valence-corrected chi connectivity index (χ2v) is 10.4. The molecule has 0 radical (unpaired) electrons. The summed E-state index contributed by atoms with van der Waals surface area (Å²) in [7, 11) is 0. The number of nitro groups is 1. The van der Waals surface area contributed by atoms with Crippen LogP contribution in [0.1, 0.15) is 37.5 Å². The normalized spacial score (nSPS) is 16.4. The second kappa shape index (κ2) is 10.2. The fourth-order valence-corrected chi connectivity index (χ4v) is 5.50. The molecule has 0 spiro atoms. The number of aromatic nitrogens is 5. The zero-order chi connectivity index (χ0) is 27.9. The number of anilines is 1. The van der Waals surface area contributed by atoms with Gasteiger partial charge in [-0.25, -0.2) is 24.3 Å². The maximum absolute atomic E-state index is 13.8. The van der Waals surface area contributed by atoms with Crippen molar-refractivity contribution in [3.8, 4) is 28.5 Å². The number of ether oxygens (including phenoxy) is 1. The third kappa shape index (κ3) is 4.73. The quantitative estimate of drug-likeness (QED) is 0.181. The molecular weight excluding hydrogens is 525 g/mol. The topological polar surface area (TPSA) is 121 Å². The first-order valence-electron chi connectivity index (χ1n) is 13.7. The molecule has 2 aliphatic rings. The van der Waals surface area contributed by atoms with Crippen LogP contribution < -0.4 is 10.1 Å². The highest BCUT2D eigenvalue weighted by Gasteiger charge is 2.32. The van der Waals surface area contributed by atoms with Crippen LogP contribution in [0.2, 0.25) is 0 Å². The maximum Gasteiger partial charge on any atom is 0.295 e. The Morgan fingerprint density at radius 3 is 2.66 bits per heavy atom. The van der Waals surface area contributed by atoms with Crippen LogP contribution in [0.5, 0.6) is 5.88 Å². The van der Waals surface area contributed by atoms with Crippen molar-refractivity contribution in [2.45, 2.75) is 44.2 Å². The SMILES string of the molecule is O=[N+]([O-])c1cccc2ccc(OCC3CCc4nc(-c5ccc(F)cc5)c(-c5ccnc(NC6CCC6)n5)n43)nc12. The lowest BCUT2D eigenvalue weighted by Gasteiger charge is -2.26. The molecule has 1 aliphatic carbocycles. The molecule has 1 N–H and O–H groups in total. The van der Waals surface area contributed by atoms with Crippen LogP contribution in [0.4, 0.5) is 16.0 Å². The molecule has 4 heterocycles.